The summed E-state index contributed by atoms with van der Waals surface area (Å²) in [6.45, 7) is 6.43. The summed E-state index contributed by atoms with van der Waals surface area (Å²) in [5.41, 5.74) is 0.432. The standard InChI is InChI=1S/C20H23N5O2/c1-15(2)18(27-17-7-4-3-6-16(17)14-21)19(26)24-10-12-25(13-11-24)20-22-8-5-9-23-20/h3-9,15,18H,10-13H2,1-2H3. The van der Waals surface area contributed by atoms with Crippen LogP contribution < -0.4 is 9.64 Å². The maximum Gasteiger partial charge on any atom is 0.264 e. The van der Waals surface area contributed by atoms with E-state index in [0.717, 1.165) is 0 Å². The molecular weight excluding hydrogens is 342 g/mol. The van der Waals surface area contributed by atoms with Crippen LogP contribution in [0.25, 0.3) is 0 Å². The second kappa shape index (κ2) is 8.49. The number of hydrogen-bond acceptors (Lipinski definition) is 6. The van der Waals surface area contributed by atoms with Crippen LogP contribution >= 0.6 is 0 Å². The average Bonchev–Trinajstić information content (AvgIpc) is 2.72. The monoisotopic (exact) mass is 365 g/mol. The Morgan fingerprint density at radius 1 is 1.11 bits per heavy atom. The summed E-state index contributed by atoms with van der Waals surface area (Å²) in [6.07, 6.45) is 2.81. The van der Waals surface area contributed by atoms with Gasteiger partial charge in [-0.3, -0.25) is 4.79 Å². The molecule has 7 heteroatoms. The van der Waals surface area contributed by atoms with E-state index in [1.54, 1.807) is 42.7 Å². The highest BCUT2D eigenvalue weighted by Crippen LogP contribution is 2.22. The van der Waals surface area contributed by atoms with Crippen LogP contribution in [0.4, 0.5) is 5.95 Å². The Kier molecular flexibility index (Phi) is 5.87. The van der Waals surface area contributed by atoms with Gasteiger partial charge in [0.1, 0.15) is 11.8 Å². The molecule has 7 nitrogen and oxygen atoms in total. The highest BCUT2D eigenvalue weighted by molar-refractivity contribution is 5.82. The van der Waals surface area contributed by atoms with Crippen molar-refractivity contribution >= 4 is 11.9 Å². The quantitative estimate of drug-likeness (QED) is 0.807. The molecule has 1 aliphatic heterocycles. The first-order chi connectivity index (χ1) is 13.1. The van der Waals surface area contributed by atoms with Gasteiger partial charge in [0.05, 0.1) is 5.56 Å². The van der Waals surface area contributed by atoms with Gasteiger partial charge in [0.25, 0.3) is 5.91 Å². The van der Waals surface area contributed by atoms with E-state index in [1.807, 2.05) is 18.7 Å². The summed E-state index contributed by atoms with van der Waals surface area (Å²) in [4.78, 5) is 25.5. The lowest BCUT2D eigenvalue weighted by Crippen LogP contribution is -2.53. The molecule has 1 aromatic heterocycles. The first kappa shape index (κ1) is 18.6. The first-order valence-corrected chi connectivity index (χ1v) is 9.06. The molecule has 1 amide bonds. The number of piperazine rings is 1. The van der Waals surface area contributed by atoms with Crippen molar-refractivity contribution in [3.05, 3.63) is 48.3 Å². The van der Waals surface area contributed by atoms with Crippen molar-refractivity contribution in [2.75, 3.05) is 31.1 Å². The molecule has 27 heavy (non-hydrogen) atoms. The van der Waals surface area contributed by atoms with Crippen LogP contribution in [0.3, 0.4) is 0 Å². The van der Waals surface area contributed by atoms with Gasteiger partial charge >= 0.3 is 0 Å². The van der Waals surface area contributed by atoms with E-state index in [2.05, 4.69) is 20.9 Å². The number of amides is 1. The Balaban J connectivity index is 1.67. The van der Waals surface area contributed by atoms with Crippen LogP contribution in [0.2, 0.25) is 0 Å². The molecule has 0 radical (unpaired) electrons. The Hall–Kier alpha value is -3.14. The number of rotatable bonds is 5. The minimum absolute atomic E-state index is 0.0141. The average molecular weight is 365 g/mol. The SMILES string of the molecule is CC(C)C(Oc1ccccc1C#N)C(=O)N1CCN(c2ncccn2)CC1. The molecule has 0 spiro atoms. The van der Waals surface area contributed by atoms with Crippen molar-refractivity contribution in [2.45, 2.75) is 20.0 Å². The van der Waals surface area contributed by atoms with Crippen LogP contribution in [-0.2, 0) is 4.79 Å². The third kappa shape index (κ3) is 4.34. The maximum atomic E-state index is 13.1. The van der Waals surface area contributed by atoms with Gasteiger partial charge < -0.3 is 14.5 Å². The Bertz CT molecular complexity index is 811. The van der Waals surface area contributed by atoms with Gasteiger partial charge in [-0.25, -0.2) is 9.97 Å². The Labute approximate surface area is 159 Å². The largest absolute Gasteiger partial charge is 0.479 e. The minimum Gasteiger partial charge on any atom is -0.479 e. The Morgan fingerprint density at radius 2 is 1.78 bits per heavy atom. The number of carbonyl (C=O) groups excluding carboxylic acids is 1. The fraction of sp³-hybridized carbons (Fsp3) is 0.400. The fourth-order valence-corrected chi connectivity index (χ4v) is 3.03. The summed E-state index contributed by atoms with van der Waals surface area (Å²) < 4.78 is 5.97. The number of aromatic nitrogens is 2. The van der Waals surface area contributed by atoms with Gasteiger partial charge in [0, 0.05) is 38.6 Å². The van der Waals surface area contributed by atoms with E-state index in [-0.39, 0.29) is 11.8 Å². The molecule has 0 bridgehead atoms. The lowest BCUT2D eigenvalue weighted by molar-refractivity contribution is -0.141. The van der Waals surface area contributed by atoms with E-state index in [1.165, 1.54) is 0 Å². The third-order valence-corrected chi connectivity index (χ3v) is 4.54. The fourth-order valence-electron chi connectivity index (χ4n) is 3.03. The number of nitrogens with zero attached hydrogens (tertiary/aromatic N) is 5. The molecule has 0 aliphatic carbocycles. The highest BCUT2D eigenvalue weighted by Gasteiger charge is 2.32. The maximum absolute atomic E-state index is 13.1. The van der Waals surface area contributed by atoms with Crippen molar-refractivity contribution in [1.29, 1.82) is 5.26 Å². The van der Waals surface area contributed by atoms with Gasteiger partial charge in [0.2, 0.25) is 5.95 Å². The smallest absolute Gasteiger partial charge is 0.264 e. The van der Waals surface area contributed by atoms with E-state index in [9.17, 15) is 10.1 Å². The van der Waals surface area contributed by atoms with Crippen molar-refractivity contribution < 1.29 is 9.53 Å². The molecule has 1 saturated heterocycles. The van der Waals surface area contributed by atoms with Crippen LogP contribution in [0.5, 0.6) is 5.75 Å². The zero-order chi connectivity index (χ0) is 19.2. The normalized spacial score (nSPS) is 15.3. The van der Waals surface area contributed by atoms with E-state index >= 15 is 0 Å². The van der Waals surface area contributed by atoms with Gasteiger partial charge in [-0.1, -0.05) is 26.0 Å². The van der Waals surface area contributed by atoms with Gasteiger partial charge in [-0.2, -0.15) is 5.26 Å². The molecule has 1 unspecified atom stereocenters. The summed E-state index contributed by atoms with van der Waals surface area (Å²) in [6, 6.07) is 10.9. The van der Waals surface area contributed by atoms with E-state index in [0.29, 0.717) is 43.4 Å². The summed E-state index contributed by atoms with van der Waals surface area (Å²) in [7, 11) is 0. The zero-order valence-electron chi connectivity index (χ0n) is 15.6. The van der Waals surface area contributed by atoms with Gasteiger partial charge in [-0.05, 0) is 24.1 Å². The van der Waals surface area contributed by atoms with Crippen molar-refractivity contribution in [3.63, 3.8) is 0 Å². The predicted octanol–water partition coefficient (Wildman–Crippen LogP) is 2.10. The second-order valence-electron chi connectivity index (χ2n) is 6.75. The van der Waals surface area contributed by atoms with Crippen molar-refractivity contribution in [2.24, 2.45) is 5.92 Å². The summed E-state index contributed by atoms with van der Waals surface area (Å²) >= 11 is 0. The van der Waals surface area contributed by atoms with Crippen LogP contribution in [0.1, 0.15) is 19.4 Å². The number of nitriles is 1. The molecule has 1 fully saturated rings. The van der Waals surface area contributed by atoms with Crippen molar-refractivity contribution in [3.8, 4) is 11.8 Å². The molecule has 0 saturated carbocycles. The molecule has 1 aromatic carbocycles. The lowest BCUT2D eigenvalue weighted by Gasteiger charge is -2.37. The molecule has 3 rings (SSSR count). The van der Waals surface area contributed by atoms with E-state index in [4.69, 9.17) is 4.74 Å². The van der Waals surface area contributed by atoms with Gasteiger partial charge in [-0.15, -0.1) is 0 Å². The third-order valence-electron chi connectivity index (χ3n) is 4.54. The molecule has 1 atom stereocenters. The molecular formula is C20H23N5O2. The number of hydrogen-bond donors (Lipinski definition) is 0. The number of benzene rings is 1. The van der Waals surface area contributed by atoms with Gasteiger partial charge in [0.15, 0.2) is 6.10 Å². The number of para-hydroxylation sites is 1. The molecule has 2 aromatic rings. The highest BCUT2D eigenvalue weighted by atomic mass is 16.5. The van der Waals surface area contributed by atoms with E-state index < -0.39 is 6.10 Å². The lowest BCUT2D eigenvalue weighted by atomic mass is 10.0. The number of anilines is 1. The molecule has 0 N–H and O–H groups in total. The van der Waals surface area contributed by atoms with Crippen LogP contribution in [0.15, 0.2) is 42.7 Å². The predicted molar refractivity (Wildman–Crippen MR) is 101 cm³/mol. The van der Waals surface area contributed by atoms with Crippen LogP contribution in [0, 0.1) is 17.2 Å². The first-order valence-electron chi connectivity index (χ1n) is 9.06. The second-order valence-corrected chi connectivity index (χ2v) is 6.75. The summed E-state index contributed by atoms with van der Waals surface area (Å²) in [5, 5.41) is 9.25. The molecule has 140 valence electrons. The zero-order valence-corrected chi connectivity index (χ0v) is 15.6. The summed E-state index contributed by atoms with van der Waals surface area (Å²) in [5.74, 6) is 1.07. The minimum atomic E-state index is -0.626. The molecule has 1 aliphatic rings. The Morgan fingerprint density at radius 3 is 2.41 bits per heavy atom. The molecule has 2 heterocycles. The number of ether oxygens (including phenoxy) is 1. The number of carbonyl (C=O) groups is 1. The topological polar surface area (TPSA) is 82.4 Å². The van der Waals surface area contributed by atoms with Crippen LogP contribution in [-0.4, -0.2) is 53.1 Å². The van der Waals surface area contributed by atoms with Crippen molar-refractivity contribution in [1.82, 2.24) is 14.9 Å².